The van der Waals surface area contributed by atoms with Crippen LogP contribution in [0, 0.1) is 0 Å². The molecule has 12 heavy (non-hydrogen) atoms. The predicted molar refractivity (Wildman–Crippen MR) is 45.8 cm³/mol. The third-order valence-corrected chi connectivity index (χ3v) is 3.11. The molecule has 2 rings (SSSR count). The predicted octanol–water partition coefficient (Wildman–Crippen LogP) is -0.0336. The van der Waals surface area contributed by atoms with Crippen LogP contribution in [-0.4, -0.2) is 46.5 Å². The Labute approximate surface area is 73.0 Å². The number of rotatable bonds is 1. The minimum Gasteiger partial charge on any atom is -0.392 e. The second-order valence-electron chi connectivity index (χ2n) is 4.00. The summed E-state index contributed by atoms with van der Waals surface area (Å²) < 4.78 is 0. The number of aliphatic hydroxyl groups is 2. The molecule has 0 amide bonds. The van der Waals surface area contributed by atoms with E-state index >= 15 is 0 Å². The zero-order valence-electron chi connectivity index (χ0n) is 7.32. The van der Waals surface area contributed by atoms with Crippen LogP contribution in [0.4, 0.5) is 0 Å². The van der Waals surface area contributed by atoms with Gasteiger partial charge in [0.1, 0.15) is 0 Å². The van der Waals surface area contributed by atoms with Gasteiger partial charge in [0.25, 0.3) is 0 Å². The Bertz CT molecular complexity index is 163. The first kappa shape index (κ1) is 8.48. The van der Waals surface area contributed by atoms with Gasteiger partial charge >= 0.3 is 0 Å². The maximum absolute atomic E-state index is 9.61. The Morgan fingerprint density at radius 2 is 1.92 bits per heavy atom. The molecule has 1 saturated carbocycles. The summed E-state index contributed by atoms with van der Waals surface area (Å²) in [6, 6.07) is 0.335. The summed E-state index contributed by atoms with van der Waals surface area (Å²) in [5, 5.41) is 18.9. The summed E-state index contributed by atoms with van der Waals surface area (Å²) in [5.74, 6) is 0. The second kappa shape index (κ2) is 3.32. The quantitative estimate of drug-likeness (QED) is 0.582. The summed E-state index contributed by atoms with van der Waals surface area (Å²) in [6.45, 7) is 1.73. The van der Waals surface area contributed by atoms with Crippen molar-refractivity contribution in [1.29, 1.82) is 0 Å². The van der Waals surface area contributed by atoms with Crippen LogP contribution in [0.5, 0.6) is 0 Å². The molecule has 3 unspecified atom stereocenters. The largest absolute Gasteiger partial charge is 0.392 e. The molecule has 3 heteroatoms. The highest BCUT2D eigenvalue weighted by molar-refractivity contribution is 4.89. The lowest BCUT2D eigenvalue weighted by molar-refractivity contribution is 0.0751. The van der Waals surface area contributed by atoms with Crippen molar-refractivity contribution in [3.8, 4) is 0 Å². The minimum atomic E-state index is -0.155. The van der Waals surface area contributed by atoms with Gasteiger partial charge in [0.2, 0.25) is 0 Å². The summed E-state index contributed by atoms with van der Waals surface area (Å²) in [4.78, 5) is 2.24. The molecular weight excluding hydrogens is 154 g/mol. The van der Waals surface area contributed by atoms with Crippen LogP contribution < -0.4 is 0 Å². The Balaban J connectivity index is 1.91. The van der Waals surface area contributed by atoms with E-state index in [1.54, 1.807) is 0 Å². The molecule has 0 aromatic carbocycles. The summed E-state index contributed by atoms with van der Waals surface area (Å²) in [7, 11) is 0. The molecule has 1 aliphatic heterocycles. The standard InChI is InChI=1S/C9H17NO2/c11-7-4-5-10(6-7)8-2-1-3-9(8)12/h7-9,11-12H,1-6H2. The Kier molecular flexibility index (Phi) is 2.35. The van der Waals surface area contributed by atoms with E-state index in [9.17, 15) is 10.2 Å². The number of aliphatic hydroxyl groups excluding tert-OH is 2. The van der Waals surface area contributed by atoms with Gasteiger partial charge in [-0.1, -0.05) is 0 Å². The fraction of sp³-hybridized carbons (Fsp3) is 1.00. The van der Waals surface area contributed by atoms with Crippen LogP contribution in [0.2, 0.25) is 0 Å². The maximum Gasteiger partial charge on any atom is 0.0695 e. The van der Waals surface area contributed by atoms with Crippen molar-refractivity contribution in [1.82, 2.24) is 4.90 Å². The molecule has 3 nitrogen and oxygen atoms in total. The van der Waals surface area contributed by atoms with E-state index in [0.29, 0.717) is 6.04 Å². The van der Waals surface area contributed by atoms with Crippen LogP contribution in [0.1, 0.15) is 25.7 Å². The third kappa shape index (κ3) is 1.49. The van der Waals surface area contributed by atoms with Gasteiger partial charge in [-0.2, -0.15) is 0 Å². The zero-order valence-corrected chi connectivity index (χ0v) is 7.32. The van der Waals surface area contributed by atoms with Crippen molar-refractivity contribution < 1.29 is 10.2 Å². The van der Waals surface area contributed by atoms with E-state index < -0.39 is 0 Å². The molecule has 70 valence electrons. The molecule has 3 atom stereocenters. The van der Waals surface area contributed by atoms with Crippen molar-refractivity contribution >= 4 is 0 Å². The Morgan fingerprint density at radius 1 is 1.08 bits per heavy atom. The number of hydrogen-bond acceptors (Lipinski definition) is 3. The zero-order chi connectivity index (χ0) is 8.55. The number of β-amino-alcohol motifs (C(OH)–C–C–N with tert-alkyl or cyclic N) is 1. The summed E-state index contributed by atoms with van der Waals surface area (Å²) in [5.41, 5.74) is 0. The average molecular weight is 171 g/mol. The van der Waals surface area contributed by atoms with E-state index in [0.717, 1.165) is 38.8 Å². The van der Waals surface area contributed by atoms with E-state index in [4.69, 9.17) is 0 Å². The average Bonchev–Trinajstić information content (AvgIpc) is 2.58. The van der Waals surface area contributed by atoms with Gasteiger partial charge in [-0.25, -0.2) is 0 Å². The van der Waals surface area contributed by atoms with Gasteiger partial charge in [-0.15, -0.1) is 0 Å². The van der Waals surface area contributed by atoms with Crippen molar-refractivity contribution in [3.05, 3.63) is 0 Å². The lowest BCUT2D eigenvalue weighted by atomic mass is 10.2. The monoisotopic (exact) mass is 171 g/mol. The van der Waals surface area contributed by atoms with E-state index in [-0.39, 0.29) is 12.2 Å². The smallest absolute Gasteiger partial charge is 0.0695 e. The maximum atomic E-state index is 9.61. The third-order valence-electron chi connectivity index (χ3n) is 3.11. The van der Waals surface area contributed by atoms with E-state index in [1.807, 2.05) is 0 Å². The highest BCUT2D eigenvalue weighted by atomic mass is 16.3. The highest BCUT2D eigenvalue weighted by Gasteiger charge is 2.34. The summed E-state index contributed by atoms with van der Waals surface area (Å²) in [6.07, 6.45) is 3.76. The van der Waals surface area contributed by atoms with Crippen LogP contribution in [0.15, 0.2) is 0 Å². The number of likely N-dealkylation sites (tertiary alicyclic amines) is 1. The second-order valence-corrected chi connectivity index (χ2v) is 4.00. The molecular formula is C9H17NO2. The van der Waals surface area contributed by atoms with Crippen LogP contribution >= 0.6 is 0 Å². The van der Waals surface area contributed by atoms with Gasteiger partial charge in [-0.3, -0.25) is 4.90 Å². The SMILES string of the molecule is OC1CCN(C2CCCC2O)C1. The van der Waals surface area contributed by atoms with Gasteiger partial charge in [0.05, 0.1) is 12.2 Å². The fourth-order valence-corrected chi connectivity index (χ4v) is 2.42. The molecule has 1 aliphatic carbocycles. The van der Waals surface area contributed by atoms with Gasteiger partial charge in [0.15, 0.2) is 0 Å². The minimum absolute atomic E-state index is 0.143. The van der Waals surface area contributed by atoms with Gasteiger partial charge in [-0.05, 0) is 25.7 Å². The Hall–Kier alpha value is -0.120. The van der Waals surface area contributed by atoms with Gasteiger partial charge < -0.3 is 10.2 Å². The van der Waals surface area contributed by atoms with Crippen molar-refractivity contribution in [2.45, 2.75) is 43.9 Å². The molecule has 2 aliphatic rings. The normalized spacial score (nSPS) is 44.0. The number of nitrogens with zero attached hydrogens (tertiary/aromatic N) is 1. The first-order valence-electron chi connectivity index (χ1n) is 4.87. The molecule has 1 saturated heterocycles. The topological polar surface area (TPSA) is 43.7 Å². The van der Waals surface area contributed by atoms with Crippen LogP contribution in [0.3, 0.4) is 0 Å². The van der Waals surface area contributed by atoms with Crippen LogP contribution in [0.25, 0.3) is 0 Å². The fourth-order valence-electron chi connectivity index (χ4n) is 2.42. The van der Waals surface area contributed by atoms with E-state index in [2.05, 4.69) is 4.90 Å². The molecule has 0 radical (unpaired) electrons. The molecule has 0 spiro atoms. The lowest BCUT2D eigenvalue weighted by Gasteiger charge is -2.25. The van der Waals surface area contributed by atoms with Crippen LogP contribution in [-0.2, 0) is 0 Å². The Morgan fingerprint density at radius 3 is 2.42 bits per heavy atom. The van der Waals surface area contributed by atoms with Crippen molar-refractivity contribution in [2.75, 3.05) is 13.1 Å². The molecule has 0 aromatic heterocycles. The number of hydrogen-bond donors (Lipinski definition) is 2. The highest BCUT2D eigenvalue weighted by Crippen LogP contribution is 2.26. The first-order valence-corrected chi connectivity index (χ1v) is 4.87. The molecule has 2 fully saturated rings. The lowest BCUT2D eigenvalue weighted by Crippen LogP contribution is -2.39. The molecule has 1 heterocycles. The van der Waals surface area contributed by atoms with Gasteiger partial charge in [0, 0.05) is 19.1 Å². The summed E-state index contributed by atoms with van der Waals surface area (Å²) >= 11 is 0. The van der Waals surface area contributed by atoms with E-state index in [1.165, 1.54) is 0 Å². The first-order chi connectivity index (χ1) is 5.77. The van der Waals surface area contributed by atoms with Crippen molar-refractivity contribution in [3.63, 3.8) is 0 Å². The molecule has 0 bridgehead atoms. The van der Waals surface area contributed by atoms with Crippen molar-refractivity contribution in [2.24, 2.45) is 0 Å². The molecule has 0 aromatic rings. The molecule has 2 N–H and O–H groups in total.